The van der Waals surface area contributed by atoms with E-state index < -0.39 is 18.3 Å². The molecule has 0 saturated carbocycles. The molecule has 11 nitrogen and oxygen atoms in total. The number of anilines is 1. The third-order valence-corrected chi connectivity index (χ3v) is 6.43. The van der Waals surface area contributed by atoms with Gasteiger partial charge in [0.2, 0.25) is 5.16 Å². The maximum atomic E-state index is 12.4. The van der Waals surface area contributed by atoms with E-state index in [2.05, 4.69) is 20.8 Å². The van der Waals surface area contributed by atoms with Crippen molar-refractivity contribution in [1.82, 2.24) is 20.2 Å². The highest BCUT2D eigenvalue weighted by atomic mass is 32.2. The summed E-state index contributed by atoms with van der Waals surface area (Å²) in [7, 11) is 0. The number of amides is 1. The summed E-state index contributed by atoms with van der Waals surface area (Å²) in [6.45, 7) is 2.03. The number of aromatic nitrogens is 4. The van der Waals surface area contributed by atoms with Gasteiger partial charge in [0.25, 0.3) is 0 Å². The molecule has 172 valence electrons. The Morgan fingerprint density at radius 1 is 1.18 bits per heavy atom. The third-order valence-electron chi connectivity index (χ3n) is 5.48. The second-order valence-corrected chi connectivity index (χ2v) is 8.58. The first-order valence-electron chi connectivity index (χ1n) is 10.3. The number of furan rings is 1. The quantitative estimate of drug-likeness (QED) is 0.405. The van der Waals surface area contributed by atoms with E-state index in [0.29, 0.717) is 28.8 Å². The molecule has 5 rings (SSSR count). The van der Waals surface area contributed by atoms with Crippen LogP contribution in [0.3, 0.4) is 0 Å². The van der Waals surface area contributed by atoms with Gasteiger partial charge in [0.05, 0.1) is 25.2 Å². The predicted octanol–water partition coefficient (Wildman–Crippen LogP) is 2.72. The number of nitrogens with one attached hydrogen (secondary N) is 1. The largest absolute Gasteiger partial charge is 0.468 e. The SMILES string of the molecule is CC(=O)c1ccc(NC(=O)O[C@@H]2CO[C@H]3[C@@H]2OC[C@@H]3n2nnnc2SCc2ccco2)cc1. The van der Waals surface area contributed by atoms with Crippen molar-refractivity contribution in [2.75, 3.05) is 18.5 Å². The number of fused-ring (bicyclic) bond motifs is 1. The summed E-state index contributed by atoms with van der Waals surface area (Å²) >= 11 is 1.45. The van der Waals surface area contributed by atoms with Crippen molar-refractivity contribution in [3.63, 3.8) is 0 Å². The molecule has 12 heteroatoms. The van der Waals surface area contributed by atoms with Crippen LogP contribution < -0.4 is 5.32 Å². The minimum absolute atomic E-state index is 0.0451. The molecule has 1 N–H and O–H groups in total. The van der Waals surface area contributed by atoms with Crippen molar-refractivity contribution >= 4 is 29.3 Å². The lowest BCUT2D eigenvalue weighted by molar-refractivity contribution is 0.00751. The van der Waals surface area contributed by atoms with E-state index in [0.717, 1.165) is 5.76 Å². The number of carbonyl (C=O) groups excluding carboxylic acids is 2. The molecule has 0 aliphatic carbocycles. The van der Waals surface area contributed by atoms with Crippen LogP contribution in [0.25, 0.3) is 0 Å². The monoisotopic (exact) mass is 471 g/mol. The number of tetrazole rings is 1. The standard InChI is InChI=1S/C21H21N5O6S/c1-12(27)13-4-6-14(7-5-13)22-21(28)32-17-10-31-18-16(9-30-19(17)18)26-20(23-24-25-26)33-11-15-3-2-8-29-15/h2-8,16-19H,9-11H2,1H3,(H,22,28)/t16-,17+,18+,19+/m0/s1. The lowest BCUT2D eigenvalue weighted by atomic mass is 10.1. The molecule has 1 aromatic carbocycles. The Kier molecular flexibility index (Phi) is 6.11. The topological polar surface area (TPSA) is 131 Å². The van der Waals surface area contributed by atoms with Crippen LogP contribution in [0, 0.1) is 0 Å². The zero-order valence-corrected chi connectivity index (χ0v) is 18.4. The van der Waals surface area contributed by atoms with Gasteiger partial charge in [-0.05, 0) is 53.7 Å². The van der Waals surface area contributed by atoms with Crippen molar-refractivity contribution in [2.45, 2.75) is 42.2 Å². The molecule has 2 fully saturated rings. The summed E-state index contributed by atoms with van der Waals surface area (Å²) in [6.07, 6.45) is -0.328. The molecule has 0 unspecified atom stereocenters. The maximum absolute atomic E-state index is 12.4. The van der Waals surface area contributed by atoms with Crippen molar-refractivity contribution in [3.8, 4) is 0 Å². The van der Waals surface area contributed by atoms with Gasteiger partial charge >= 0.3 is 6.09 Å². The molecule has 33 heavy (non-hydrogen) atoms. The highest BCUT2D eigenvalue weighted by molar-refractivity contribution is 7.98. The Bertz CT molecular complexity index is 1120. The van der Waals surface area contributed by atoms with Gasteiger partial charge in [0.1, 0.15) is 24.0 Å². The normalized spacial score (nSPS) is 23.9. The molecule has 0 bridgehead atoms. The van der Waals surface area contributed by atoms with E-state index in [-0.39, 0.29) is 24.5 Å². The van der Waals surface area contributed by atoms with Crippen molar-refractivity contribution in [3.05, 3.63) is 54.0 Å². The van der Waals surface area contributed by atoms with Gasteiger partial charge in [0, 0.05) is 11.3 Å². The number of nitrogens with zero attached hydrogens (tertiary/aromatic N) is 4. The van der Waals surface area contributed by atoms with Crippen LogP contribution in [0.4, 0.5) is 10.5 Å². The lowest BCUT2D eigenvalue weighted by Gasteiger charge is -2.17. The molecular formula is C21H21N5O6S. The molecule has 1 amide bonds. The molecule has 4 atom stereocenters. The average molecular weight is 471 g/mol. The highest BCUT2D eigenvalue weighted by Crippen LogP contribution is 2.37. The van der Waals surface area contributed by atoms with Crippen LogP contribution in [0.2, 0.25) is 0 Å². The maximum Gasteiger partial charge on any atom is 0.412 e. The third kappa shape index (κ3) is 4.63. The molecule has 2 aliphatic rings. The van der Waals surface area contributed by atoms with Gasteiger partial charge in [-0.25, -0.2) is 9.48 Å². The number of rotatable bonds is 7. The number of ether oxygens (including phenoxy) is 3. The van der Waals surface area contributed by atoms with Crippen molar-refractivity contribution in [2.24, 2.45) is 0 Å². The molecule has 0 radical (unpaired) electrons. The number of ketones is 1. The van der Waals surface area contributed by atoms with E-state index in [1.165, 1.54) is 18.7 Å². The van der Waals surface area contributed by atoms with Gasteiger partial charge in [-0.1, -0.05) is 11.8 Å². The Hall–Kier alpha value is -3.22. The first kappa shape index (κ1) is 21.6. The molecule has 2 saturated heterocycles. The van der Waals surface area contributed by atoms with Crippen LogP contribution in [0.5, 0.6) is 0 Å². The molecule has 4 heterocycles. The second-order valence-electron chi connectivity index (χ2n) is 7.64. The first-order chi connectivity index (χ1) is 16.1. The van der Waals surface area contributed by atoms with E-state index in [1.807, 2.05) is 12.1 Å². The Morgan fingerprint density at radius 2 is 2.00 bits per heavy atom. The number of Topliss-reactive ketones (excluding diaryl/α,β-unsaturated/α-hetero) is 1. The van der Waals surface area contributed by atoms with Crippen molar-refractivity contribution < 1.29 is 28.2 Å². The summed E-state index contributed by atoms with van der Waals surface area (Å²) in [5.74, 6) is 1.37. The molecule has 2 aromatic heterocycles. The molecule has 0 spiro atoms. The highest BCUT2D eigenvalue weighted by Gasteiger charge is 2.51. The lowest BCUT2D eigenvalue weighted by Crippen LogP contribution is -2.35. The van der Waals surface area contributed by atoms with Crippen LogP contribution >= 0.6 is 11.8 Å². The fraction of sp³-hybridized carbons (Fsp3) is 0.381. The van der Waals surface area contributed by atoms with Crippen LogP contribution in [0.15, 0.2) is 52.2 Å². The second kappa shape index (κ2) is 9.33. The predicted molar refractivity (Wildman–Crippen MR) is 115 cm³/mol. The van der Waals surface area contributed by atoms with E-state index in [1.54, 1.807) is 35.2 Å². The van der Waals surface area contributed by atoms with Gasteiger partial charge in [-0.15, -0.1) is 5.10 Å². The Balaban J connectivity index is 1.18. The minimum Gasteiger partial charge on any atom is -0.468 e. The van der Waals surface area contributed by atoms with Gasteiger partial charge in [-0.2, -0.15) is 0 Å². The number of thioether (sulfide) groups is 1. The van der Waals surface area contributed by atoms with E-state index in [4.69, 9.17) is 18.6 Å². The summed E-state index contributed by atoms with van der Waals surface area (Å²) < 4.78 is 24.4. The summed E-state index contributed by atoms with van der Waals surface area (Å²) in [4.78, 5) is 23.8. The number of hydrogen-bond donors (Lipinski definition) is 1. The van der Waals surface area contributed by atoms with E-state index >= 15 is 0 Å². The van der Waals surface area contributed by atoms with E-state index in [9.17, 15) is 9.59 Å². The molecule has 3 aromatic rings. The fourth-order valence-electron chi connectivity index (χ4n) is 3.85. The summed E-state index contributed by atoms with van der Waals surface area (Å²) in [5, 5.41) is 15.3. The summed E-state index contributed by atoms with van der Waals surface area (Å²) in [6, 6.07) is 10.1. The zero-order valence-electron chi connectivity index (χ0n) is 17.6. The van der Waals surface area contributed by atoms with Crippen LogP contribution in [-0.4, -0.2) is 63.6 Å². The first-order valence-corrected chi connectivity index (χ1v) is 11.3. The molecule has 2 aliphatic heterocycles. The zero-order chi connectivity index (χ0) is 22.8. The number of benzene rings is 1. The summed E-state index contributed by atoms with van der Waals surface area (Å²) in [5.41, 5.74) is 1.09. The fourth-order valence-corrected chi connectivity index (χ4v) is 4.68. The average Bonchev–Trinajstić information content (AvgIpc) is 3.59. The number of carbonyl (C=O) groups is 2. The van der Waals surface area contributed by atoms with Crippen LogP contribution in [0.1, 0.15) is 29.1 Å². The molecular weight excluding hydrogens is 450 g/mol. The smallest absolute Gasteiger partial charge is 0.412 e. The van der Waals surface area contributed by atoms with Gasteiger partial charge < -0.3 is 18.6 Å². The Morgan fingerprint density at radius 3 is 2.76 bits per heavy atom. The van der Waals surface area contributed by atoms with Gasteiger partial charge in [-0.3, -0.25) is 10.1 Å². The van der Waals surface area contributed by atoms with Crippen LogP contribution in [-0.2, 0) is 20.0 Å². The Labute approximate surface area is 192 Å². The minimum atomic E-state index is -0.621. The number of hydrogen-bond acceptors (Lipinski definition) is 10. The van der Waals surface area contributed by atoms with Crippen molar-refractivity contribution in [1.29, 1.82) is 0 Å². The van der Waals surface area contributed by atoms with Gasteiger partial charge in [0.15, 0.2) is 11.9 Å².